The van der Waals surface area contributed by atoms with Crippen LogP contribution in [0.2, 0.25) is 0 Å². The summed E-state index contributed by atoms with van der Waals surface area (Å²) in [6.45, 7) is 4.50. The molecule has 2 N–H and O–H groups in total. The molecule has 0 heterocycles. The molecule has 84 valence electrons. The molecule has 0 saturated carbocycles. The Morgan fingerprint density at radius 3 is 2.60 bits per heavy atom. The summed E-state index contributed by atoms with van der Waals surface area (Å²) in [5.41, 5.74) is 8.07. The van der Waals surface area contributed by atoms with Gasteiger partial charge >= 0.3 is 0 Å². The highest BCUT2D eigenvalue weighted by atomic mass is 15.1. The monoisotopic (exact) mass is 206 g/mol. The van der Waals surface area contributed by atoms with Gasteiger partial charge in [0.1, 0.15) is 0 Å². The third-order valence-corrected chi connectivity index (χ3v) is 2.71. The number of nitrogens with zero attached hydrogens (tertiary/aromatic N) is 1. The highest BCUT2D eigenvalue weighted by molar-refractivity contribution is 5.46. The molecule has 0 unspecified atom stereocenters. The summed E-state index contributed by atoms with van der Waals surface area (Å²) in [5.74, 6) is 0. The summed E-state index contributed by atoms with van der Waals surface area (Å²) in [6.07, 6.45) is 3.59. The molecule has 0 aliphatic rings. The zero-order valence-corrected chi connectivity index (χ0v) is 9.87. The fourth-order valence-corrected chi connectivity index (χ4v) is 1.61. The first-order valence-electron chi connectivity index (χ1n) is 5.76. The number of hydrogen-bond donors (Lipinski definition) is 1. The third-order valence-electron chi connectivity index (χ3n) is 2.71. The van der Waals surface area contributed by atoms with Gasteiger partial charge in [-0.05, 0) is 38.1 Å². The molecule has 0 aliphatic heterocycles. The van der Waals surface area contributed by atoms with Crippen LogP contribution < -0.4 is 5.73 Å². The van der Waals surface area contributed by atoms with Crippen molar-refractivity contribution >= 4 is 5.69 Å². The van der Waals surface area contributed by atoms with Crippen LogP contribution in [0.5, 0.6) is 0 Å². The van der Waals surface area contributed by atoms with Gasteiger partial charge in [-0.2, -0.15) is 0 Å². The van der Waals surface area contributed by atoms with E-state index in [4.69, 9.17) is 5.73 Å². The van der Waals surface area contributed by atoms with Crippen LogP contribution in [0.25, 0.3) is 0 Å². The highest BCUT2D eigenvalue weighted by Crippen LogP contribution is 2.11. The molecule has 0 aromatic heterocycles. The molecule has 0 saturated heterocycles. The zero-order chi connectivity index (χ0) is 11.1. The zero-order valence-electron chi connectivity index (χ0n) is 9.87. The van der Waals surface area contributed by atoms with Crippen molar-refractivity contribution in [2.45, 2.75) is 26.2 Å². The van der Waals surface area contributed by atoms with Crippen LogP contribution >= 0.6 is 0 Å². The van der Waals surface area contributed by atoms with Crippen LogP contribution in [-0.4, -0.2) is 25.0 Å². The number of benzene rings is 1. The third kappa shape index (κ3) is 4.34. The van der Waals surface area contributed by atoms with Crippen LogP contribution in [0.3, 0.4) is 0 Å². The molecule has 15 heavy (non-hydrogen) atoms. The second-order valence-electron chi connectivity index (χ2n) is 4.11. The number of para-hydroxylation sites is 1. The predicted molar refractivity (Wildman–Crippen MR) is 67.0 cm³/mol. The van der Waals surface area contributed by atoms with Gasteiger partial charge in [0.2, 0.25) is 0 Å². The van der Waals surface area contributed by atoms with Gasteiger partial charge in [0.05, 0.1) is 0 Å². The average Bonchev–Trinajstić information content (AvgIpc) is 2.25. The molecule has 1 aromatic rings. The Kier molecular flexibility index (Phi) is 5.19. The molecule has 2 nitrogen and oxygen atoms in total. The molecular formula is C13H22N2. The lowest BCUT2D eigenvalue weighted by molar-refractivity contribution is 0.332. The summed E-state index contributed by atoms with van der Waals surface area (Å²) < 4.78 is 0. The standard InChI is InChI=1S/C13H22N2/c1-3-4-10-15(2)11-9-12-7-5-6-8-13(12)14/h5-8H,3-4,9-11,14H2,1-2H3. The van der Waals surface area contributed by atoms with Crippen molar-refractivity contribution in [2.24, 2.45) is 0 Å². The van der Waals surface area contributed by atoms with Gasteiger partial charge in [-0.3, -0.25) is 0 Å². The van der Waals surface area contributed by atoms with Crippen LogP contribution in [0.4, 0.5) is 5.69 Å². The van der Waals surface area contributed by atoms with Gasteiger partial charge in [0, 0.05) is 12.2 Å². The van der Waals surface area contributed by atoms with E-state index in [1.807, 2.05) is 12.1 Å². The summed E-state index contributed by atoms with van der Waals surface area (Å²) >= 11 is 0. The molecule has 0 aliphatic carbocycles. The maximum Gasteiger partial charge on any atom is 0.0347 e. The predicted octanol–water partition coefficient (Wildman–Crippen LogP) is 2.54. The molecule has 1 rings (SSSR count). The molecule has 1 aromatic carbocycles. The van der Waals surface area contributed by atoms with Gasteiger partial charge in [0.15, 0.2) is 0 Å². The summed E-state index contributed by atoms with van der Waals surface area (Å²) in [5, 5.41) is 0. The van der Waals surface area contributed by atoms with E-state index in [1.54, 1.807) is 0 Å². The van der Waals surface area contributed by atoms with E-state index in [0.29, 0.717) is 0 Å². The molecular weight excluding hydrogens is 184 g/mol. The number of rotatable bonds is 6. The lowest BCUT2D eigenvalue weighted by Crippen LogP contribution is -2.22. The minimum atomic E-state index is 0.918. The van der Waals surface area contributed by atoms with Crippen molar-refractivity contribution in [3.8, 4) is 0 Å². The lowest BCUT2D eigenvalue weighted by Gasteiger charge is -2.16. The summed E-state index contributed by atoms with van der Waals surface area (Å²) in [4.78, 5) is 2.37. The van der Waals surface area contributed by atoms with E-state index in [-0.39, 0.29) is 0 Å². The van der Waals surface area contributed by atoms with Gasteiger partial charge in [-0.15, -0.1) is 0 Å². The Labute approximate surface area is 93.1 Å². The fraction of sp³-hybridized carbons (Fsp3) is 0.538. The van der Waals surface area contributed by atoms with Crippen LogP contribution in [0.15, 0.2) is 24.3 Å². The van der Waals surface area contributed by atoms with Crippen molar-refractivity contribution in [3.63, 3.8) is 0 Å². The number of anilines is 1. The first-order valence-corrected chi connectivity index (χ1v) is 5.76. The minimum absolute atomic E-state index is 0.918. The number of likely N-dealkylation sites (N-methyl/N-ethyl adjacent to an activating group) is 1. The van der Waals surface area contributed by atoms with Gasteiger partial charge < -0.3 is 10.6 Å². The van der Waals surface area contributed by atoms with Crippen molar-refractivity contribution in [1.82, 2.24) is 4.90 Å². The van der Waals surface area contributed by atoms with E-state index in [2.05, 4.69) is 31.0 Å². The molecule has 0 bridgehead atoms. The topological polar surface area (TPSA) is 29.3 Å². The van der Waals surface area contributed by atoms with Gasteiger partial charge in [-0.25, -0.2) is 0 Å². The lowest BCUT2D eigenvalue weighted by atomic mass is 10.1. The molecule has 0 amide bonds. The fourth-order valence-electron chi connectivity index (χ4n) is 1.61. The van der Waals surface area contributed by atoms with Gasteiger partial charge in [0.25, 0.3) is 0 Å². The Bertz CT molecular complexity index is 284. The first-order chi connectivity index (χ1) is 7.24. The van der Waals surface area contributed by atoms with Crippen molar-refractivity contribution in [1.29, 1.82) is 0 Å². The second-order valence-corrected chi connectivity index (χ2v) is 4.11. The summed E-state index contributed by atoms with van der Waals surface area (Å²) in [6, 6.07) is 8.13. The van der Waals surface area contributed by atoms with E-state index >= 15 is 0 Å². The summed E-state index contributed by atoms with van der Waals surface area (Å²) in [7, 11) is 2.18. The van der Waals surface area contributed by atoms with Crippen LogP contribution in [-0.2, 0) is 6.42 Å². The van der Waals surface area contributed by atoms with E-state index in [1.165, 1.54) is 24.9 Å². The maximum atomic E-state index is 5.89. The second kappa shape index (κ2) is 6.46. The Morgan fingerprint density at radius 2 is 1.93 bits per heavy atom. The van der Waals surface area contributed by atoms with Crippen molar-refractivity contribution in [3.05, 3.63) is 29.8 Å². The number of nitrogen functional groups attached to an aromatic ring is 1. The number of unbranched alkanes of at least 4 members (excludes halogenated alkanes) is 1. The van der Waals surface area contributed by atoms with Crippen molar-refractivity contribution < 1.29 is 0 Å². The Morgan fingerprint density at radius 1 is 1.20 bits per heavy atom. The van der Waals surface area contributed by atoms with E-state index in [9.17, 15) is 0 Å². The molecule has 2 heteroatoms. The average molecular weight is 206 g/mol. The quantitative estimate of drug-likeness (QED) is 0.725. The minimum Gasteiger partial charge on any atom is -0.399 e. The highest BCUT2D eigenvalue weighted by Gasteiger charge is 2.00. The van der Waals surface area contributed by atoms with Crippen molar-refractivity contribution in [2.75, 3.05) is 25.9 Å². The van der Waals surface area contributed by atoms with E-state index < -0.39 is 0 Å². The smallest absolute Gasteiger partial charge is 0.0347 e. The van der Waals surface area contributed by atoms with Gasteiger partial charge in [-0.1, -0.05) is 31.5 Å². The Hall–Kier alpha value is -1.02. The number of nitrogens with two attached hydrogens (primary N) is 1. The largest absolute Gasteiger partial charge is 0.399 e. The first kappa shape index (κ1) is 12.1. The van der Waals surface area contributed by atoms with Crippen LogP contribution in [0.1, 0.15) is 25.3 Å². The van der Waals surface area contributed by atoms with E-state index in [0.717, 1.165) is 18.7 Å². The van der Waals surface area contributed by atoms with Crippen LogP contribution in [0, 0.1) is 0 Å². The maximum absolute atomic E-state index is 5.89. The number of hydrogen-bond acceptors (Lipinski definition) is 2. The molecule has 0 fully saturated rings. The molecule has 0 spiro atoms. The SMILES string of the molecule is CCCCN(C)CCc1ccccc1N. The molecule has 0 atom stereocenters. The molecule has 0 radical (unpaired) electrons. The Balaban J connectivity index is 2.33. The normalized spacial score (nSPS) is 10.9.